The standard InChI is InChI=1S/C35H66O13/c1-26(36)29(38)18-12-6-3-9-15-21-32(41)46-24-28(48-34(43)23-17-11-5-8-14-20-31(40)35(44)45)25-47-33(42)22-16-10-4-7-13-19-30(39)27(2)37/h26-31,35-40,44-45H,3-25H2,1-2H3. The summed E-state index contributed by atoms with van der Waals surface area (Å²) in [6.07, 6.45) is 6.57. The molecule has 0 bridgehead atoms. The van der Waals surface area contributed by atoms with Crippen LogP contribution in [0, 0.1) is 0 Å². The molecule has 0 spiro atoms. The Kier molecular flexibility index (Phi) is 28.8. The van der Waals surface area contributed by atoms with Crippen molar-refractivity contribution in [3.8, 4) is 0 Å². The maximum Gasteiger partial charge on any atom is 0.306 e. The highest BCUT2D eigenvalue weighted by Crippen LogP contribution is 2.14. The summed E-state index contributed by atoms with van der Waals surface area (Å²) in [5, 5.41) is 65.2. The van der Waals surface area contributed by atoms with Crippen LogP contribution in [0.15, 0.2) is 0 Å². The van der Waals surface area contributed by atoms with E-state index in [4.69, 9.17) is 24.4 Å². The first-order valence-electron chi connectivity index (χ1n) is 18.1. The van der Waals surface area contributed by atoms with Gasteiger partial charge in [-0.1, -0.05) is 77.0 Å². The molecule has 7 N–H and O–H groups in total. The number of aliphatic hydroxyl groups excluding tert-OH is 6. The summed E-state index contributed by atoms with van der Waals surface area (Å²) in [6.45, 7) is 2.65. The van der Waals surface area contributed by atoms with Gasteiger partial charge in [0.05, 0.1) is 24.4 Å². The Balaban J connectivity index is 4.49. The van der Waals surface area contributed by atoms with Crippen molar-refractivity contribution < 1.29 is 64.3 Å². The van der Waals surface area contributed by atoms with Gasteiger partial charge in [-0.2, -0.15) is 0 Å². The minimum absolute atomic E-state index is 0.138. The topological polar surface area (TPSA) is 221 Å². The van der Waals surface area contributed by atoms with Gasteiger partial charge in [-0.25, -0.2) is 0 Å². The zero-order valence-electron chi connectivity index (χ0n) is 29.4. The predicted molar refractivity (Wildman–Crippen MR) is 178 cm³/mol. The summed E-state index contributed by atoms with van der Waals surface area (Å²) < 4.78 is 16.2. The van der Waals surface area contributed by atoms with Crippen LogP contribution in [-0.2, 0) is 28.6 Å². The number of carbonyl (C=O) groups excluding carboxylic acids is 3. The zero-order valence-corrected chi connectivity index (χ0v) is 29.4. The van der Waals surface area contributed by atoms with E-state index in [0.717, 1.165) is 70.6 Å². The fourth-order valence-electron chi connectivity index (χ4n) is 4.97. The van der Waals surface area contributed by atoms with E-state index in [1.807, 2.05) is 0 Å². The Morgan fingerprint density at radius 2 is 0.750 bits per heavy atom. The molecule has 0 radical (unpaired) electrons. The highest BCUT2D eigenvalue weighted by Gasteiger charge is 2.20. The summed E-state index contributed by atoms with van der Waals surface area (Å²) in [6, 6.07) is 0. The molecule has 48 heavy (non-hydrogen) atoms. The molecule has 5 atom stereocenters. The maximum absolute atomic E-state index is 12.5. The van der Waals surface area contributed by atoms with E-state index < -0.39 is 60.8 Å². The Morgan fingerprint density at radius 1 is 0.438 bits per heavy atom. The summed E-state index contributed by atoms with van der Waals surface area (Å²) in [5.41, 5.74) is 0. The number of esters is 3. The van der Waals surface area contributed by atoms with E-state index in [0.29, 0.717) is 38.5 Å². The molecule has 13 heteroatoms. The lowest BCUT2D eigenvalue weighted by Gasteiger charge is -2.18. The van der Waals surface area contributed by atoms with Gasteiger partial charge in [0.15, 0.2) is 12.4 Å². The van der Waals surface area contributed by atoms with Crippen LogP contribution in [-0.4, -0.2) is 110 Å². The first-order chi connectivity index (χ1) is 22.8. The minimum atomic E-state index is -1.75. The Morgan fingerprint density at radius 3 is 1.10 bits per heavy atom. The van der Waals surface area contributed by atoms with Crippen molar-refractivity contribution >= 4 is 17.9 Å². The van der Waals surface area contributed by atoms with Gasteiger partial charge in [-0.15, -0.1) is 0 Å². The molecule has 0 aromatic heterocycles. The van der Waals surface area contributed by atoms with Crippen molar-refractivity contribution in [3.05, 3.63) is 0 Å². The lowest BCUT2D eigenvalue weighted by Crippen LogP contribution is -2.30. The number of unbranched alkanes of at least 4 members (excludes halogenated alkanes) is 12. The van der Waals surface area contributed by atoms with E-state index in [1.165, 1.54) is 0 Å². The molecule has 0 aromatic rings. The van der Waals surface area contributed by atoms with Crippen molar-refractivity contribution in [2.24, 2.45) is 0 Å². The lowest BCUT2D eigenvalue weighted by atomic mass is 10.0. The van der Waals surface area contributed by atoms with Crippen LogP contribution in [0.3, 0.4) is 0 Å². The van der Waals surface area contributed by atoms with Gasteiger partial charge in [0, 0.05) is 19.3 Å². The molecule has 0 saturated heterocycles. The van der Waals surface area contributed by atoms with E-state index in [-0.39, 0.29) is 38.9 Å². The molecule has 0 saturated carbocycles. The van der Waals surface area contributed by atoms with Crippen LogP contribution in [0.5, 0.6) is 0 Å². The second kappa shape index (κ2) is 30.0. The average molecular weight is 695 g/mol. The van der Waals surface area contributed by atoms with Crippen molar-refractivity contribution in [2.75, 3.05) is 13.2 Å². The van der Waals surface area contributed by atoms with Crippen LogP contribution in [0.1, 0.15) is 149 Å². The first kappa shape index (κ1) is 46.1. The average Bonchev–Trinajstić information content (AvgIpc) is 3.03. The molecule has 0 aromatic carbocycles. The smallest absolute Gasteiger partial charge is 0.306 e. The summed E-state index contributed by atoms with van der Waals surface area (Å²) in [7, 11) is 0. The van der Waals surface area contributed by atoms with Crippen LogP contribution in [0.25, 0.3) is 0 Å². The number of rotatable bonds is 32. The number of carbonyl (C=O) groups is 3. The molecule has 0 fully saturated rings. The lowest BCUT2D eigenvalue weighted by molar-refractivity contribution is -0.167. The zero-order chi connectivity index (χ0) is 36.2. The SMILES string of the molecule is CC(O)C(O)CCCCCCCC(=O)OCC(COC(=O)CCCCCCCC(O)C(C)O)OC(=O)CCCCCCCC(O)C(O)O. The third-order valence-electron chi connectivity index (χ3n) is 8.26. The number of ether oxygens (including phenoxy) is 3. The number of hydrogen-bond acceptors (Lipinski definition) is 13. The number of hydrogen-bond donors (Lipinski definition) is 7. The summed E-state index contributed by atoms with van der Waals surface area (Å²) in [4.78, 5) is 37.1. The minimum Gasteiger partial charge on any atom is -0.462 e. The van der Waals surface area contributed by atoms with Gasteiger partial charge in [0.2, 0.25) is 0 Å². The van der Waals surface area contributed by atoms with Gasteiger partial charge in [-0.05, 0) is 52.4 Å². The fraction of sp³-hybridized carbons (Fsp3) is 0.914. The van der Waals surface area contributed by atoms with Crippen molar-refractivity contribution in [3.63, 3.8) is 0 Å². The highest BCUT2D eigenvalue weighted by molar-refractivity contribution is 5.71. The van der Waals surface area contributed by atoms with Gasteiger partial charge in [0.1, 0.15) is 19.3 Å². The third-order valence-corrected chi connectivity index (χ3v) is 8.26. The van der Waals surface area contributed by atoms with Gasteiger partial charge in [0.25, 0.3) is 0 Å². The second-order valence-electron chi connectivity index (χ2n) is 13.0. The molecular weight excluding hydrogens is 628 g/mol. The Labute approximate surface area is 287 Å². The van der Waals surface area contributed by atoms with Crippen LogP contribution < -0.4 is 0 Å². The van der Waals surface area contributed by atoms with E-state index in [9.17, 15) is 39.9 Å². The second-order valence-corrected chi connectivity index (χ2v) is 13.0. The molecule has 284 valence electrons. The van der Waals surface area contributed by atoms with E-state index >= 15 is 0 Å². The molecule has 13 nitrogen and oxygen atoms in total. The summed E-state index contributed by atoms with van der Waals surface area (Å²) in [5.74, 6) is -1.37. The molecule has 0 heterocycles. The molecule has 0 aliphatic carbocycles. The third kappa shape index (κ3) is 28.0. The van der Waals surface area contributed by atoms with Crippen LogP contribution in [0.2, 0.25) is 0 Å². The summed E-state index contributed by atoms with van der Waals surface area (Å²) >= 11 is 0. The quantitative estimate of drug-likeness (QED) is 0.0233. The van der Waals surface area contributed by atoms with Gasteiger partial charge < -0.3 is 50.0 Å². The monoisotopic (exact) mass is 694 g/mol. The molecule has 0 amide bonds. The van der Waals surface area contributed by atoms with Crippen molar-refractivity contribution in [2.45, 2.75) is 192 Å². The Hall–Kier alpha value is -1.87. The molecule has 0 aliphatic heterocycles. The van der Waals surface area contributed by atoms with E-state index in [2.05, 4.69) is 0 Å². The van der Waals surface area contributed by atoms with Crippen molar-refractivity contribution in [1.29, 1.82) is 0 Å². The van der Waals surface area contributed by atoms with E-state index in [1.54, 1.807) is 13.8 Å². The molecule has 0 rings (SSSR count). The largest absolute Gasteiger partial charge is 0.462 e. The fourth-order valence-corrected chi connectivity index (χ4v) is 4.97. The van der Waals surface area contributed by atoms with Crippen molar-refractivity contribution in [1.82, 2.24) is 0 Å². The molecule has 5 unspecified atom stereocenters. The predicted octanol–water partition coefficient (Wildman–Crippen LogP) is 3.33. The molecular formula is C35H66O13. The first-order valence-corrected chi connectivity index (χ1v) is 18.1. The van der Waals surface area contributed by atoms with Gasteiger partial charge in [-0.3, -0.25) is 14.4 Å². The number of aliphatic hydroxyl groups is 7. The van der Waals surface area contributed by atoms with Crippen LogP contribution >= 0.6 is 0 Å². The van der Waals surface area contributed by atoms with Crippen LogP contribution in [0.4, 0.5) is 0 Å². The Bertz CT molecular complexity index is 761. The maximum atomic E-state index is 12.5. The molecule has 0 aliphatic rings. The highest BCUT2D eigenvalue weighted by atomic mass is 16.6. The normalized spacial score (nSPS) is 15.4. The van der Waals surface area contributed by atoms with Gasteiger partial charge >= 0.3 is 17.9 Å².